The molecule has 0 N–H and O–H groups in total. The van der Waals surface area contributed by atoms with Crippen molar-refractivity contribution in [1.29, 1.82) is 0 Å². The zero-order valence-electron chi connectivity index (χ0n) is 46.8. The number of ether oxygens (including phenoxy) is 1. The Morgan fingerprint density at radius 3 is 1.68 bits per heavy atom. The third kappa shape index (κ3) is 8.01. The van der Waals surface area contributed by atoms with E-state index in [1.807, 2.05) is 18.3 Å². The van der Waals surface area contributed by atoms with Crippen molar-refractivity contribution in [3.8, 4) is 28.4 Å². The van der Waals surface area contributed by atoms with E-state index in [2.05, 4.69) is 284 Å². The molecule has 0 unspecified atom stereocenters. The number of anilines is 4. The van der Waals surface area contributed by atoms with Crippen molar-refractivity contribution >= 4 is 44.6 Å². The molecule has 0 saturated heterocycles. The molecule has 3 aliphatic carbocycles. The van der Waals surface area contributed by atoms with Gasteiger partial charge in [-0.1, -0.05) is 207 Å². The number of para-hydroxylation sites is 4. The number of hydrogen-bond acceptors (Lipinski definition) is 4. The number of nitrogens with zero attached hydrogens (tertiary/aromatic N) is 4. The van der Waals surface area contributed by atoms with E-state index >= 15 is 0 Å². The summed E-state index contributed by atoms with van der Waals surface area (Å²) in [5.74, 6) is 2.17. The molecule has 1 aliphatic heterocycles. The molecule has 0 saturated carbocycles. The van der Waals surface area contributed by atoms with Gasteiger partial charge in [-0.2, -0.15) is 12.1 Å². The maximum Gasteiger partial charge on any atom is 0.135 e. The van der Waals surface area contributed by atoms with E-state index in [9.17, 15) is 0 Å². The first kappa shape index (κ1) is 51.5. The summed E-state index contributed by atoms with van der Waals surface area (Å²) in [5.41, 5.74) is 20.7. The van der Waals surface area contributed by atoms with E-state index in [-0.39, 0.29) is 43.2 Å². The van der Waals surface area contributed by atoms with Gasteiger partial charge in [-0.15, -0.1) is 48.1 Å². The van der Waals surface area contributed by atoms with Crippen LogP contribution in [0.2, 0.25) is 0 Å². The molecule has 4 aliphatic rings. The number of fused-ring (bicyclic) bond motifs is 4. The predicted molar refractivity (Wildman–Crippen MR) is 325 cm³/mol. The normalized spacial score (nSPS) is 16.3. The van der Waals surface area contributed by atoms with Gasteiger partial charge in [0.1, 0.15) is 5.82 Å². The van der Waals surface area contributed by atoms with Crippen LogP contribution in [0.5, 0.6) is 11.5 Å². The molecule has 398 valence electrons. The van der Waals surface area contributed by atoms with Crippen LogP contribution in [0, 0.1) is 18.8 Å². The topological polar surface area (TPSA) is 33.5 Å². The fraction of sp³-hybridized carbons (Fsp3) is 0.189. The maximum atomic E-state index is 6.84. The molecule has 0 spiro atoms. The zero-order chi connectivity index (χ0) is 54.2. The van der Waals surface area contributed by atoms with Gasteiger partial charge < -0.3 is 19.1 Å². The third-order valence-electron chi connectivity index (χ3n) is 16.9. The van der Waals surface area contributed by atoms with Gasteiger partial charge in [0.2, 0.25) is 0 Å². The molecule has 80 heavy (non-hydrogen) atoms. The van der Waals surface area contributed by atoms with Gasteiger partial charge in [-0.05, 0) is 113 Å². The van der Waals surface area contributed by atoms with Crippen LogP contribution in [0.3, 0.4) is 0 Å². The van der Waals surface area contributed by atoms with Crippen molar-refractivity contribution in [3.63, 3.8) is 0 Å². The molecule has 0 atom stereocenters. The van der Waals surface area contributed by atoms with Gasteiger partial charge in [0, 0.05) is 72.8 Å². The fourth-order valence-corrected chi connectivity index (χ4v) is 13.0. The minimum Gasteiger partial charge on any atom is -0.509 e. The van der Waals surface area contributed by atoms with E-state index in [0.717, 1.165) is 50.4 Å². The van der Waals surface area contributed by atoms with Crippen LogP contribution in [-0.2, 0) is 42.7 Å². The molecular formula is C74H63N4OPt-3. The second-order valence-corrected chi connectivity index (χ2v) is 24.9. The van der Waals surface area contributed by atoms with Gasteiger partial charge in [0.25, 0.3) is 0 Å². The summed E-state index contributed by atoms with van der Waals surface area (Å²) in [6.07, 6.45) is 1.91. The van der Waals surface area contributed by atoms with Crippen LogP contribution in [0.15, 0.2) is 206 Å². The van der Waals surface area contributed by atoms with Crippen LogP contribution in [0.1, 0.15) is 124 Å². The molecule has 0 amide bonds. The fourth-order valence-electron chi connectivity index (χ4n) is 13.0. The van der Waals surface area contributed by atoms with E-state index < -0.39 is 5.41 Å². The number of hydrogen-bond donors (Lipinski definition) is 0. The SMILES string of the molecule is CC(C)(C)c1cc(-c2cccc(C34c5ccccc5C(c5ccccc53)c3ccccc34)c2N2[CH-]N(c3[c-]c(Oc4[c-]c5c(cc4)c4ccccc4n5-c4cc(C(C)(C)C)ccn4)ccc3)c3ccccc32)cc(C(C)(C)C)c1.[Pt]. The zero-order valence-corrected chi connectivity index (χ0v) is 49.1. The minimum absolute atomic E-state index is 0. The van der Waals surface area contributed by atoms with Gasteiger partial charge in [-0.25, -0.2) is 4.98 Å². The molecule has 2 bridgehead atoms. The van der Waals surface area contributed by atoms with E-state index in [1.165, 1.54) is 66.8 Å². The summed E-state index contributed by atoms with van der Waals surface area (Å²) < 4.78 is 9.05. The Morgan fingerprint density at radius 1 is 0.487 bits per heavy atom. The Kier molecular flexibility index (Phi) is 12.1. The Labute approximate surface area is 485 Å². The number of pyridine rings is 1. The van der Waals surface area contributed by atoms with Crippen molar-refractivity contribution in [2.24, 2.45) is 0 Å². The predicted octanol–water partition coefficient (Wildman–Crippen LogP) is 18.7. The summed E-state index contributed by atoms with van der Waals surface area (Å²) in [6, 6.07) is 81.4. The second kappa shape index (κ2) is 18.8. The van der Waals surface area contributed by atoms with Gasteiger partial charge >= 0.3 is 0 Å². The maximum absolute atomic E-state index is 6.84. The first-order chi connectivity index (χ1) is 38.1. The summed E-state index contributed by atoms with van der Waals surface area (Å²) in [6.45, 7) is 23.0. The first-order valence-corrected chi connectivity index (χ1v) is 27.8. The Morgan fingerprint density at radius 2 is 1.04 bits per heavy atom. The van der Waals surface area contributed by atoms with Gasteiger partial charge in [-0.3, -0.25) is 0 Å². The molecule has 11 aromatic rings. The van der Waals surface area contributed by atoms with Crippen LogP contribution in [0.4, 0.5) is 22.7 Å². The molecule has 0 fully saturated rings. The standard InChI is InChI=1S/C74H63N4O.Pt/c1-71(2,3)48-38-39-75-68(43-48)78-64-33-17-13-24-55(64)56-37-36-53(45-67(56)78)79-52-23-20-22-51(44-52)76-46-77(66-35-19-18-34-65(66)76)70-54(47-40-49(72(4,5)6)42-50(41-47)73(7,8)9)28-21-32-63(70)74-60-29-14-10-25-57(60)69(58-26-11-15-30-61(58)74)59-27-12-16-31-62(59)74;/h10-43,46,69H,1-9H3;/q-3;. The van der Waals surface area contributed by atoms with Gasteiger partial charge in [0.05, 0.1) is 5.41 Å². The van der Waals surface area contributed by atoms with Gasteiger partial charge in [0.15, 0.2) is 0 Å². The molecular weight excluding hydrogens is 1160 g/mol. The molecule has 3 heterocycles. The summed E-state index contributed by atoms with van der Waals surface area (Å²) in [5, 5.41) is 2.22. The summed E-state index contributed by atoms with van der Waals surface area (Å²) in [7, 11) is 0. The smallest absolute Gasteiger partial charge is 0.135 e. The molecule has 5 nitrogen and oxygen atoms in total. The Hall–Kier alpha value is -7.98. The number of aromatic nitrogens is 2. The average molecular weight is 1220 g/mol. The summed E-state index contributed by atoms with van der Waals surface area (Å²) in [4.78, 5) is 9.66. The molecule has 15 rings (SSSR count). The minimum atomic E-state index is -0.650. The van der Waals surface area contributed by atoms with Crippen LogP contribution in [-0.4, -0.2) is 9.55 Å². The van der Waals surface area contributed by atoms with Crippen LogP contribution < -0.4 is 14.5 Å². The molecule has 2 aromatic heterocycles. The second-order valence-electron chi connectivity index (χ2n) is 24.9. The van der Waals surface area contributed by atoms with Crippen molar-refractivity contribution in [2.45, 2.75) is 89.9 Å². The third-order valence-corrected chi connectivity index (χ3v) is 16.9. The molecule has 0 radical (unpaired) electrons. The van der Waals surface area contributed by atoms with Crippen LogP contribution >= 0.6 is 0 Å². The summed E-state index contributed by atoms with van der Waals surface area (Å²) >= 11 is 0. The van der Waals surface area contributed by atoms with Crippen molar-refractivity contribution < 1.29 is 25.8 Å². The average Bonchev–Trinajstić information content (AvgIpc) is 3.79. The monoisotopic (exact) mass is 1220 g/mol. The van der Waals surface area contributed by atoms with Crippen molar-refractivity contribution in [1.82, 2.24) is 9.55 Å². The quantitative estimate of drug-likeness (QED) is 0.149. The molecule has 6 heteroatoms. The Bertz CT molecular complexity index is 4110. The largest absolute Gasteiger partial charge is 0.509 e. The Balaban J connectivity index is 0.00000605. The number of rotatable bonds is 7. The van der Waals surface area contributed by atoms with Crippen molar-refractivity contribution in [2.75, 3.05) is 9.80 Å². The van der Waals surface area contributed by atoms with E-state index in [0.29, 0.717) is 11.5 Å². The van der Waals surface area contributed by atoms with Crippen LogP contribution in [0.25, 0.3) is 38.8 Å². The number of benzene rings is 9. The first-order valence-electron chi connectivity index (χ1n) is 27.8. The van der Waals surface area contributed by atoms with E-state index in [4.69, 9.17) is 9.72 Å². The molecule has 9 aromatic carbocycles. The van der Waals surface area contributed by atoms with Crippen molar-refractivity contribution in [3.05, 3.63) is 281 Å². The van der Waals surface area contributed by atoms with E-state index in [1.54, 1.807) is 0 Å².